The first-order chi connectivity index (χ1) is 12.4. The Labute approximate surface area is 155 Å². The fourth-order valence-corrected chi connectivity index (χ4v) is 3.40. The number of rotatable bonds is 7. The van der Waals surface area contributed by atoms with E-state index in [9.17, 15) is 9.59 Å². The molecular formula is C22H26O4. The van der Waals surface area contributed by atoms with Crippen LogP contribution in [0.25, 0.3) is 0 Å². The summed E-state index contributed by atoms with van der Waals surface area (Å²) < 4.78 is 10.2. The lowest BCUT2D eigenvalue weighted by atomic mass is 9.78. The molecule has 26 heavy (non-hydrogen) atoms. The number of carbonyl (C=O) groups excluding carboxylic acids is 2. The van der Waals surface area contributed by atoms with Crippen molar-refractivity contribution in [3.05, 3.63) is 59.7 Å². The van der Waals surface area contributed by atoms with Crippen molar-refractivity contribution in [1.29, 1.82) is 0 Å². The first-order valence-corrected chi connectivity index (χ1v) is 9.01. The van der Waals surface area contributed by atoms with E-state index in [-0.39, 0.29) is 11.9 Å². The van der Waals surface area contributed by atoms with Gasteiger partial charge in [0.15, 0.2) is 0 Å². The zero-order valence-electron chi connectivity index (χ0n) is 15.8. The first kappa shape index (κ1) is 19.7. The summed E-state index contributed by atoms with van der Waals surface area (Å²) in [5.41, 5.74) is 2.44. The lowest BCUT2D eigenvalue weighted by molar-refractivity contribution is -0.132. The Morgan fingerprint density at radius 1 is 0.692 bits per heavy atom. The molecule has 2 aromatic carbocycles. The molecule has 0 saturated heterocycles. The molecule has 0 aliphatic heterocycles. The van der Waals surface area contributed by atoms with Gasteiger partial charge < -0.3 is 9.47 Å². The zero-order valence-corrected chi connectivity index (χ0v) is 15.8. The molecule has 0 spiro atoms. The van der Waals surface area contributed by atoms with Gasteiger partial charge in [0, 0.05) is 13.8 Å². The van der Waals surface area contributed by atoms with E-state index in [4.69, 9.17) is 9.47 Å². The minimum Gasteiger partial charge on any atom is -0.427 e. The highest BCUT2D eigenvalue weighted by Gasteiger charge is 2.22. The van der Waals surface area contributed by atoms with Crippen molar-refractivity contribution in [3.63, 3.8) is 0 Å². The Morgan fingerprint density at radius 2 is 1.00 bits per heavy atom. The molecule has 0 amide bonds. The van der Waals surface area contributed by atoms with E-state index in [1.54, 1.807) is 0 Å². The third kappa shape index (κ3) is 5.19. The van der Waals surface area contributed by atoms with Crippen LogP contribution in [0.2, 0.25) is 0 Å². The molecular weight excluding hydrogens is 328 g/mol. The molecule has 2 atom stereocenters. The average Bonchev–Trinajstić information content (AvgIpc) is 2.60. The van der Waals surface area contributed by atoms with E-state index in [1.807, 2.05) is 48.5 Å². The van der Waals surface area contributed by atoms with Gasteiger partial charge >= 0.3 is 11.9 Å². The highest BCUT2D eigenvalue weighted by atomic mass is 16.5. The van der Waals surface area contributed by atoms with Crippen molar-refractivity contribution in [3.8, 4) is 11.5 Å². The molecule has 2 rings (SSSR count). The molecule has 0 saturated carbocycles. The molecule has 0 aliphatic carbocycles. The summed E-state index contributed by atoms with van der Waals surface area (Å²) in [6.45, 7) is 7.16. The van der Waals surface area contributed by atoms with Gasteiger partial charge in [-0.2, -0.15) is 0 Å². The van der Waals surface area contributed by atoms with Gasteiger partial charge in [-0.25, -0.2) is 0 Å². The summed E-state index contributed by atoms with van der Waals surface area (Å²) >= 11 is 0. The van der Waals surface area contributed by atoms with E-state index in [2.05, 4.69) is 13.8 Å². The number of ether oxygens (including phenoxy) is 2. The Hall–Kier alpha value is -2.62. The van der Waals surface area contributed by atoms with Crippen LogP contribution in [0.4, 0.5) is 0 Å². The molecule has 0 aromatic heterocycles. The summed E-state index contributed by atoms with van der Waals surface area (Å²) in [6.07, 6.45) is 1.99. The number of esters is 2. The van der Waals surface area contributed by atoms with E-state index in [0.717, 1.165) is 12.8 Å². The SMILES string of the molecule is CCC(c1ccc(OC(C)=O)cc1)C(CC)c1ccc(OC(C)=O)cc1. The third-order valence-corrected chi connectivity index (χ3v) is 4.51. The molecule has 4 nitrogen and oxygen atoms in total. The van der Waals surface area contributed by atoms with Gasteiger partial charge in [0.2, 0.25) is 0 Å². The Balaban J connectivity index is 2.22. The van der Waals surface area contributed by atoms with Crippen molar-refractivity contribution in [2.75, 3.05) is 0 Å². The zero-order chi connectivity index (χ0) is 19.1. The van der Waals surface area contributed by atoms with E-state index in [1.165, 1.54) is 25.0 Å². The average molecular weight is 354 g/mol. The monoisotopic (exact) mass is 354 g/mol. The number of hydrogen-bond acceptors (Lipinski definition) is 4. The maximum Gasteiger partial charge on any atom is 0.308 e. The van der Waals surface area contributed by atoms with Gasteiger partial charge in [-0.1, -0.05) is 38.1 Å². The van der Waals surface area contributed by atoms with Crippen LogP contribution >= 0.6 is 0 Å². The van der Waals surface area contributed by atoms with Gasteiger partial charge in [0.1, 0.15) is 11.5 Å². The second-order valence-electron chi connectivity index (χ2n) is 6.35. The molecule has 0 radical (unpaired) electrons. The Bertz CT molecular complexity index is 666. The molecule has 4 heteroatoms. The number of carbonyl (C=O) groups is 2. The van der Waals surface area contributed by atoms with Gasteiger partial charge in [-0.3, -0.25) is 9.59 Å². The third-order valence-electron chi connectivity index (χ3n) is 4.51. The smallest absolute Gasteiger partial charge is 0.308 e. The maximum atomic E-state index is 11.1. The van der Waals surface area contributed by atoms with Crippen LogP contribution in [0.3, 0.4) is 0 Å². The summed E-state index contributed by atoms with van der Waals surface area (Å²) in [5, 5.41) is 0. The summed E-state index contributed by atoms with van der Waals surface area (Å²) in [6, 6.07) is 15.5. The summed E-state index contributed by atoms with van der Waals surface area (Å²) in [5.74, 6) is 1.20. The van der Waals surface area contributed by atoms with Gasteiger partial charge in [0.25, 0.3) is 0 Å². The van der Waals surface area contributed by atoms with Crippen LogP contribution in [0.1, 0.15) is 63.5 Å². The quantitative estimate of drug-likeness (QED) is 0.505. The molecule has 138 valence electrons. The van der Waals surface area contributed by atoms with Gasteiger partial charge in [-0.15, -0.1) is 0 Å². The number of benzene rings is 2. The molecule has 0 fully saturated rings. The van der Waals surface area contributed by atoms with E-state index in [0.29, 0.717) is 23.3 Å². The van der Waals surface area contributed by atoms with Crippen molar-refractivity contribution in [2.45, 2.75) is 52.4 Å². The molecule has 0 bridgehead atoms. The number of hydrogen-bond donors (Lipinski definition) is 0. The second kappa shape index (κ2) is 9.18. The van der Waals surface area contributed by atoms with E-state index < -0.39 is 0 Å². The summed E-state index contributed by atoms with van der Waals surface area (Å²) in [4.78, 5) is 22.1. The molecule has 0 heterocycles. The molecule has 2 unspecified atom stereocenters. The maximum absolute atomic E-state index is 11.1. The largest absolute Gasteiger partial charge is 0.427 e. The van der Waals surface area contributed by atoms with Crippen LogP contribution in [-0.4, -0.2) is 11.9 Å². The van der Waals surface area contributed by atoms with E-state index >= 15 is 0 Å². The fraction of sp³-hybridized carbons (Fsp3) is 0.364. The Morgan fingerprint density at radius 3 is 1.23 bits per heavy atom. The highest BCUT2D eigenvalue weighted by Crippen LogP contribution is 2.38. The topological polar surface area (TPSA) is 52.6 Å². The molecule has 2 aromatic rings. The predicted molar refractivity (Wildman–Crippen MR) is 102 cm³/mol. The lowest BCUT2D eigenvalue weighted by Crippen LogP contribution is -2.11. The fourth-order valence-electron chi connectivity index (χ4n) is 3.40. The first-order valence-electron chi connectivity index (χ1n) is 9.01. The molecule has 0 aliphatic rings. The van der Waals surface area contributed by atoms with Crippen LogP contribution in [-0.2, 0) is 9.59 Å². The van der Waals surface area contributed by atoms with Crippen LogP contribution < -0.4 is 9.47 Å². The second-order valence-corrected chi connectivity index (χ2v) is 6.35. The predicted octanol–water partition coefficient (Wildman–Crippen LogP) is 5.22. The van der Waals surface area contributed by atoms with Gasteiger partial charge in [0.05, 0.1) is 0 Å². The van der Waals surface area contributed by atoms with Gasteiger partial charge in [-0.05, 0) is 60.1 Å². The van der Waals surface area contributed by atoms with Crippen LogP contribution in [0.5, 0.6) is 11.5 Å². The van der Waals surface area contributed by atoms with Crippen molar-refractivity contribution in [1.82, 2.24) is 0 Å². The lowest BCUT2D eigenvalue weighted by Gasteiger charge is -2.26. The molecule has 0 N–H and O–H groups in total. The Kier molecular flexibility index (Phi) is 6.96. The van der Waals surface area contributed by atoms with Crippen LogP contribution in [0.15, 0.2) is 48.5 Å². The normalized spacial score (nSPS) is 12.9. The standard InChI is InChI=1S/C22H26O4/c1-5-21(17-7-11-19(12-8-17)25-15(3)23)22(6-2)18-9-13-20(14-10-18)26-16(4)24/h7-14,21-22H,5-6H2,1-4H3. The summed E-state index contributed by atoms with van der Waals surface area (Å²) in [7, 11) is 0. The minimum absolute atomic E-state index is 0.316. The van der Waals surface area contributed by atoms with Crippen molar-refractivity contribution < 1.29 is 19.1 Å². The minimum atomic E-state index is -0.316. The van der Waals surface area contributed by atoms with Crippen LogP contribution in [0, 0.1) is 0 Å². The van der Waals surface area contributed by atoms with Crippen molar-refractivity contribution in [2.24, 2.45) is 0 Å². The van der Waals surface area contributed by atoms with Crippen molar-refractivity contribution >= 4 is 11.9 Å². The highest BCUT2D eigenvalue weighted by molar-refractivity contribution is 5.69.